The maximum atomic E-state index is 12.6. The second-order valence-electron chi connectivity index (χ2n) is 5.12. The van der Waals surface area contributed by atoms with E-state index in [1.807, 2.05) is 0 Å². The minimum absolute atomic E-state index is 0.0510. The van der Waals surface area contributed by atoms with Crippen molar-refractivity contribution in [2.45, 2.75) is 31.0 Å². The van der Waals surface area contributed by atoms with Crippen LogP contribution in [0, 0.1) is 6.92 Å². The monoisotopic (exact) mass is 314 g/mol. The van der Waals surface area contributed by atoms with Crippen molar-refractivity contribution in [3.05, 3.63) is 23.8 Å². The van der Waals surface area contributed by atoms with Crippen molar-refractivity contribution in [2.75, 3.05) is 18.4 Å². The largest absolute Gasteiger partial charge is 0.389 e. The molecule has 2 atom stereocenters. The number of carbonyl (C=O) groups is 1. The van der Waals surface area contributed by atoms with Gasteiger partial charge in [-0.05, 0) is 24.6 Å². The van der Waals surface area contributed by atoms with Gasteiger partial charge in [-0.25, -0.2) is 8.42 Å². The molecule has 3 N–H and O–H groups in total. The lowest BCUT2D eigenvalue weighted by atomic mass is 10.2. The molecule has 2 rings (SSSR count). The molecule has 1 fully saturated rings. The molecule has 1 saturated heterocycles. The highest BCUT2D eigenvalue weighted by Crippen LogP contribution is 2.26. The van der Waals surface area contributed by atoms with E-state index in [0.717, 1.165) is 4.31 Å². The van der Waals surface area contributed by atoms with Crippen molar-refractivity contribution in [3.63, 3.8) is 0 Å². The summed E-state index contributed by atoms with van der Waals surface area (Å²) < 4.78 is 26.2. The summed E-state index contributed by atoms with van der Waals surface area (Å²) in [6.45, 7) is 2.69. The topological polar surface area (TPSA) is 107 Å². The molecule has 1 aliphatic rings. The van der Waals surface area contributed by atoms with Gasteiger partial charge < -0.3 is 15.5 Å². The first-order valence-electron chi connectivity index (χ1n) is 6.46. The van der Waals surface area contributed by atoms with Gasteiger partial charge in [0.15, 0.2) is 0 Å². The third-order valence-electron chi connectivity index (χ3n) is 3.35. The number of β-amino-alcohol motifs (C(OH)–C–C–N with tert-alkyl or cyclic N) is 2. The second kappa shape index (κ2) is 5.72. The minimum atomic E-state index is -3.83. The first-order chi connectivity index (χ1) is 9.71. The van der Waals surface area contributed by atoms with Gasteiger partial charge in [0.1, 0.15) is 0 Å². The van der Waals surface area contributed by atoms with Crippen LogP contribution in [0.2, 0.25) is 0 Å². The molecule has 0 saturated carbocycles. The van der Waals surface area contributed by atoms with Gasteiger partial charge in [-0.15, -0.1) is 0 Å². The number of amides is 1. The van der Waals surface area contributed by atoms with Gasteiger partial charge in [-0.3, -0.25) is 4.79 Å². The van der Waals surface area contributed by atoms with Gasteiger partial charge >= 0.3 is 0 Å². The van der Waals surface area contributed by atoms with Crippen LogP contribution >= 0.6 is 0 Å². The number of sulfonamides is 1. The van der Waals surface area contributed by atoms with Crippen LogP contribution in [0.25, 0.3) is 0 Å². The number of aliphatic hydroxyl groups is 2. The van der Waals surface area contributed by atoms with Crippen LogP contribution in [0.15, 0.2) is 23.1 Å². The smallest absolute Gasteiger partial charge is 0.243 e. The normalized spacial score (nSPS) is 23.2. The highest BCUT2D eigenvalue weighted by atomic mass is 32.2. The SMILES string of the molecule is CC(=O)Nc1ccc(C)c(S(=O)(=O)N2C[C@@H](O)[C@@H](O)C2)c1. The molecule has 7 nitrogen and oxygen atoms in total. The quantitative estimate of drug-likeness (QED) is 0.709. The number of hydrogen-bond donors (Lipinski definition) is 3. The lowest BCUT2D eigenvalue weighted by Crippen LogP contribution is -2.30. The Hall–Kier alpha value is -1.48. The Bertz CT molecular complexity index is 649. The maximum Gasteiger partial charge on any atom is 0.243 e. The molecule has 116 valence electrons. The molecule has 1 heterocycles. The molecule has 1 aromatic carbocycles. The summed E-state index contributed by atoms with van der Waals surface area (Å²) in [6, 6.07) is 4.59. The molecular formula is C13H18N2O5S. The Balaban J connectivity index is 2.38. The lowest BCUT2D eigenvalue weighted by Gasteiger charge is -2.18. The summed E-state index contributed by atoms with van der Waals surface area (Å²) >= 11 is 0. The van der Waals surface area contributed by atoms with Crippen LogP contribution in [0.5, 0.6) is 0 Å². The van der Waals surface area contributed by atoms with Crippen LogP contribution in [-0.2, 0) is 14.8 Å². The van der Waals surface area contributed by atoms with E-state index < -0.39 is 22.2 Å². The van der Waals surface area contributed by atoms with Crippen LogP contribution in [0.3, 0.4) is 0 Å². The van der Waals surface area contributed by atoms with Gasteiger partial charge in [0.2, 0.25) is 15.9 Å². The van der Waals surface area contributed by atoms with Gasteiger partial charge in [0.05, 0.1) is 17.1 Å². The van der Waals surface area contributed by atoms with Crippen molar-refractivity contribution in [1.29, 1.82) is 0 Å². The fourth-order valence-corrected chi connectivity index (χ4v) is 3.96. The van der Waals surface area contributed by atoms with E-state index in [9.17, 15) is 23.4 Å². The molecule has 1 aromatic rings. The zero-order valence-corrected chi connectivity index (χ0v) is 12.6. The van der Waals surface area contributed by atoms with Crippen LogP contribution in [0.1, 0.15) is 12.5 Å². The average molecular weight is 314 g/mol. The molecule has 8 heteroatoms. The molecule has 0 spiro atoms. The van der Waals surface area contributed by atoms with Crippen molar-refractivity contribution in [1.82, 2.24) is 4.31 Å². The second-order valence-corrected chi connectivity index (χ2v) is 7.02. The Morgan fingerprint density at radius 1 is 1.29 bits per heavy atom. The fraction of sp³-hybridized carbons (Fsp3) is 0.462. The average Bonchev–Trinajstić information content (AvgIpc) is 2.72. The summed E-state index contributed by atoms with van der Waals surface area (Å²) in [5.41, 5.74) is 0.909. The predicted octanol–water partition coefficient (Wildman–Crippen LogP) is -0.320. The summed E-state index contributed by atoms with van der Waals surface area (Å²) in [6.07, 6.45) is -2.17. The van der Waals surface area contributed by atoms with Gasteiger partial charge in [-0.2, -0.15) is 4.31 Å². The fourth-order valence-electron chi connectivity index (χ4n) is 2.23. The van der Waals surface area contributed by atoms with E-state index in [4.69, 9.17) is 0 Å². The van der Waals surface area contributed by atoms with Crippen LogP contribution in [0.4, 0.5) is 5.69 Å². The molecule has 1 amide bonds. The molecule has 0 aliphatic carbocycles. The molecule has 0 unspecified atom stereocenters. The van der Waals surface area contributed by atoms with E-state index in [-0.39, 0.29) is 23.9 Å². The Morgan fingerprint density at radius 2 is 1.86 bits per heavy atom. The number of aryl methyl sites for hydroxylation is 1. The third kappa shape index (κ3) is 3.24. The number of carbonyl (C=O) groups excluding carboxylic acids is 1. The third-order valence-corrected chi connectivity index (χ3v) is 5.33. The number of rotatable bonds is 3. The van der Waals surface area contributed by atoms with Crippen molar-refractivity contribution in [3.8, 4) is 0 Å². The van der Waals surface area contributed by atoms with Crippen LogP contribution < -0.4 is 5.32 Å². The number of nitrogens with zero attached hydrogens (tertiary/aromatic N) is 1. The summed E-state index contributed by atoms with van der Waals surface area (Å²) in [5.74, 6) is -0.297. The Labute approximate surface area is 123 Å². The Morgan fingerprint density at radius 3 is 2.38 bits per heavy atom. The standard InChI is InChI=1S/C13H18N2O5S/c1-8-3-4-10(14-9(2)16)5-13(8)21(19,20)15-6-11(17)12(18)7-15/h3-5,11-12,17-18H,6-7H2,1-2H3,(H,14,16)/t11-,12+. The minimum Gasteiger partial charge on any atom is -0.389 e. The maximum absolute atomic E-state index is 12.6. The van der Waals surface area contributed by atoms with E-state index in [0.29, 0.717) is 11.3 Å². The highest BCUT2D eigenvalue weighted by molar-refractivity contribution is 7.89. The zero-order valence-electron chi connectivity index (χ0n) is 11.8. The highest BCUT2D eigenvalue weighted by Gasteiger charge is 2.38. The lowest BCUT2D eigenvalue weighted by molar-refractivity contribution is -0.114. The van der Waals surface area contributed by atoms with Gasteiger partial charge in [0.25, 0.3) is 0 Å². The van der Waals surface area contributed by atoms with Crippen molar-refractivity contribution >= 4 is 21.6 Å². The molecule has 21 heavy (non-hydrogen) atoms. The summed E-state index contributed by atoms with van der Waals surface area (Å²) in [5, 5.41) is 21.5. The van der Waals surface area contributed by atoms with Crippen molar-refractivity contribution < 1.29 is 23.4 Å². The number of aliphatic hydroxyl groups excluding tert-OH is 2. The Kier molecular flexibility index (Phi) is 4.33. The zero-order chi connectivity index (χ0) is 15.8. The molecule has 0 bridgehead atoms. The van der Waals surface area contributed by atoms with Gasteiger partial charge in [0, 0.05) is 25.7 Å². The number of nitrogens with one attached hydrogen (secondary N) is 1. The molecule has 1 aliphatic heterocycles. The first-order valence-corrected chi connectivity index (χ1v) is 7.90. The van der Waals surface area contributed by atoms with E-state index in [2.05, 4.69) is 5.32 Å². The van der Waals surface area contributed by atoms with E-state index in [1.54, 1.807) is 19.1 Å². The first kappa shape index (κ1) is 15.9. The summed E-state index contributed by atoms with van der Waals surface area (Å²) in [7, 11) is -3.83. The number of anilines is 1. The predicted molar refractivity (Wildman–Crippen MR) is 76.3 cm³/mol. The van der Waals surface area contributed by atoms with E-state index in [1.165, 1.54) is 13.0 Å². The molecule has 0 aromatic heterocycles. The van der Waals surface area contributed by atoms with Crippen molar-refractivity contribution in [2.24, 2.45) is 0 Å². The molecule has 0 radical (unpaired) electrons. The van der Waals surface area contributed by atoms with Crippen LogP contribution in [-0.4, -0.2) is 54.1 Å². The van der Waals surface area contributed by atoms with E-state index >= 15 is 0 Å². The van der Waals surface area contributed by atoms with Gasteiger partial charge in [-0.1, -0.05) is 6.07 Å². The number of benzene rings is 1. The molecular weight excluding hydrogens is 296 g/mol. The number of hydrogen-bond acceptors (Lipinski definition) is 5. The summed E-state index contributed by atoms with van der Waals surface area (Å²) in [4.78, 5) is 11.1.